The van der Waals surface area contributed by atoms with Gasteiger partial charge in [0.15, 0.2) is 6.61 Å². The van der Waals surface area contributed by atoms with E-state index in [1.54, 1.807) is 49.9 Å². The fourth-order valence-electron chi connectivity index (χ4n) is 2.95. The van der Waals surface area contributed by atoms with Crippen molar-refractivity contribution < 1.29 is 23.9 Å². The van der Waals surface area contributed by atoms with Crippen LogP contribution in [-0.4, -0.2) is 61.2 Å². The van der Waals surface area contributed by atoms with Crippen molar-refractivity contribution in [2.24, 2.45) is 5.92 Å². The van der Waals surface area contributed by atoms with Crippen LogP contribution in [0.25, 0.3) is 0 Å². The number of amides is 3. The summed E-state index contributed by atoms with van der Waals surface area (Å²) in [6, 6.07) is 6.82. The molecule has 0 aliphatic carbocycles. The zero-order valence-electron chi connectivity index (χ0n) is 17.7. The summed E-state index contributed by atoms with van der Waals surface area (Å²) in [5.41, 5.74) is -0.601. The van der Waals surface area contributed by atoms with Crippen molar-refractivity contribution in [1.29, 1.82) is 0 Å². The molecule has 30 heavy (non-hydrogen) atoms. The molecule has 1 aromatic carbocycles. The number of piperidine rings is 1. The smallest absolute Gasteiger partial charge is 0.408 e. The minimum atomic E-state index is -0.603. The summed E-state index contributed by atoms with van der Waals surface area (Å²) in [4.78, 5) is 37.6. The van der Waals surface area contributed by atoms with Crippen molar-refractivity contribution in [1.82, 2.24) is 15.5 Å². The lowest BCUT2D eigenvalue weighted by atomic mass is 9.96. The third-order valence-corrected chi connectivity index (χ3v) is 4.77. The second-order valence-corrected chi connectivity index (χ2v) is 8.66. The van der Waals surface area contributed by atoms with Gasteiger partial charge in [0.1, 0.15) is 17.9 Å². The number of hydrogen-bond donors (Lipinski definition) is 2. The fraction of sp³-hybridized carbons (Fsp3) is 0.571. The summed E-state index contributed by atoms with van der Waals surface area (Å²) in [6.07, 6.45) is 0.974. The number of likely N-dealkylation sites (tertiary alicyclic amines) is 1. The zero-order valence-corrected chi connectivity index (χ0v) is 18.5. The Hall–Kier alpha value is -2.48. The van der Waals surface area contributed by atoms with E-state index in [1.165, 1.54) is 0 Å². The lowest BCUT2D eigenvalue weighted by molar-refractivity contribution is -0.132. The van der Waals surface area contributed by atoms with Crippen molar-refractivity contribution in [3.8, 4) is 5.75 Å². The Kier molecular flexibility index (Phi) is 8.77. The van der Waals surface area contributed by atoms with Gasteiger partial charge in [-0.05, 0) is 63.8 Å². The normalized spacial score (nSPS) is 14.7. The predicted octanol–water partition coefficient (Wildman–Crippen LogP) is 2.60. The van der Waals surface area contributed by atoms with Gasteiger partial charge in [-0.3, -0.25) is 9.59 Å². The molecule has 0 radical (unpaired) electrons. The first-order chi connectivity index (χ1) is 14.1. The molecule has 1 aliphatic heterocycles. The molecule has 2 rings (SSSR count). The molecule has 8 nitrogen and oxygen atoms in total. The van der Waals surface area contributed by atoms with E-state index < -0.39 is 11.7 Å². The van der Waals surface area contributed by atoms with Crippen LogP contribution in [0.5, 0.6) is 5.75 Å². The SMILES string of the molecule is CC(C)(C)OC(=O)NCC(=O)N1CCC(CNC(=O)COc2ccc(Cl)cc2)CC1. The van der Waals surface area contributed by atoms with Crippen molar-refractivity contribution in [3.63, 3.8) is 0 Å². The Morgan fingerprint density at radius 2 is 1.73 bits per heavy atom. The van der Waals surface area contributed by atoms with Gasteiger partial charge in [-0.1, -0.05) is 11.6 Å². The van der Waals surface area contributed by atoms with E-state index in [9.17, 15) is 14.4 Å². The standard InChI is InChI=1S/C21H30ClN3O5/c1-21(2,3)30-20(28)24-13-19(27)25-10-8-15(9-11-25)12-23-18(26)14-29-17-6-4-16(22)5-7-17/h4-7,15H,8-14H2,1-3H3,(H,23,26)(H,24,28). The third-order valence-electron chi connectivity index (χ3n) is 4.52. The van der Waals surface area contributed by atoms with Gasteiger partial charge in [-0.2, -0.15) is 0 Å². The van der Waals surface area contributed by atoms with Gasteiger partial charge in [0.25, 0.3) is 5.91 Å². The number of carbonyl (C=O) groups excluding carboxylic acids is 3. The van der Waals surface area contributed by atoms with Crippen LogP contribution in [-0.2, 0) is 14.3 Å². The molecule has 1 aliphatic rings. The van der Waals surface area contributed by atoms with Crippen LogP contribution in [0.1, 0.15) is 33.6 Å². The lowest BCUT2D eigenvalue weighted by Gasteiger charge is -2.32. The number of hydrogen-bond acceptors (Lipinski definition) is 5. The Morgan fingerprint density at radius 1 is 1.10 bits per heavy atom. The Morgan fingerprint density at radius 3 is 2.33 bits per heavy atom. The zero-order chi connectivity index (χ0) is 22.1. The topological polar surface area (TPSA) is 97.0 Å². The van der Waals surface area contributed by atoms with Gasteiger partial charge in [0.2, 0.25) is 5.91 Å². The monoisotopic (exact) mass is 439 g/mol. The molecule has 0 atom stereocenters. The van der Waals surface area contributed by atoms with Crippen molar-refractivity contribution in [2.75, 3.05) is 32.8 Å². The molecule has 2 N–H and O–H groups in total. The van der Waals surface area contributed by atoms with Gasteiger partial charge in [0.05, 0.1) is 0 Å². The molecule has 1 saturated heterocycles. The van der Waals surface area contributed by atoms with Gasteiger partial charge < -0.3 is 25.0 Å². The molecule has 3 amide bonds. The van der Waals surface area contributed by atoms with Crippen LogP contribution >= 0.6 is 11.6 Å². The van der Waals surface area contributed by atoms with E-state index in [4.69, 9.17) is 21.1 Å². The first-order valence-corrected chi connectivity index (χ1v) is 10.4. The minimum absolute atomic E-state index is 0.0602. The van der Waals surface area contributed by atoms with E-state index in [0.717, 1.165) is 12.8 Å². The average molecular weight is 440 g/mol. The van der Waals surface area contributed by atoms with Crippen LogP contribution in [0.3, 0.4) is 0 Å². The van der Waals surface area contributed by atoms with Crippen molar-refractivity contribution in [3.05, 3.63) is 29.3 Å². The predicted molar refractivity (Wildman–Crippen MR) is 113 cm³/mol. The summed E-state index contributed by atoms with van der Waals surface area (Å²) < 4.78 is 10.5. The van der Waals surface area contributed by atoms with Crippen LogP contribution in [0, 0.1) is 5.92 Å². The Labute approximate surface area is 182 Å². The largest absolute Gasteiger partial charge is 0.484 e. The van der Waals surface area contributed by atoms with Crippen LogP contribution < -0.4 is 15.4 Å². The number of alkyl carbamates (subject to hydrolysis) is 1. The highest BCUT2D eigenvalue weighted by Crippen LogP contribution is 2.17. The molecule has 0 unspecified atom stereocenters. The van der Waals surface area contributed by atoms with Gasteiger partial charge in [-0.25, -0.2) is 4.79 Å². The number of nitrogens with one attached hydrogen (secondary N) is 2. The molecule has 0 bridgehead atoms. The third kappa shape index (κ3) is 8.90. The van der Waals surface area contributed by atoms with Gasteiger partial charge in [0, 0.05) is 24.7 Å². The van der Waals surface area contributed by atoms with E-state index in [1.807, 2.05) is 0 Å². The molecule has 1 aromatic rings. The molecular formula is C21H30ClN3O5. The molecule has 0 aromatic heterocycles. The highest BCUT2D eigenvalue weighted by Gasteiger charge is 2.24. The van der Waals surface area contributed by atoms with Crippen molar-refractivity contribution in [2.45, 2.75) is 39.2 Å². The molecule has 9 heteroatoms. The Balaban J connectivity index is 1.60. The number of nitrogens with zero attached hydrogens (tertiary/aromatic N) is 1. The summed E-state index contributed by atoms with van der Waals surface area (Å²) in [7, 11) is 0. The number of benzene rings is 1. The summed E-state index contributed by atoms with van der Waals surface area (Å²) in [6.45, 7) is 6.88. The molecule has 1 fully saturated rings. The molecule has 0 saturated carbocycles. The van der Waals surface area contributed by atoms with Gasteiger partial charge >= 0.3 is 6.09 Å². The molecule has 1 heterocycles. The van der Waals surface area contributed by atoms with Crippen LogP contribution in [0.2, 0.25) is 5.02 Å². The quantitative estimate of drug-likeness (QED) is 0.680. The maximum atomic E-state index is 12.2. The first kappa shape index (κ1) is 23.8. The number of halogens is 1. The highest BCUT2D eigenvalue weighted by molar-refractivity contribution is 6.30. The van der Waals surface area contributed by atoms with Crippen molar-refractivity contribution >= 4 is 29.5 Å². The lowest BCUT2D eigenvalue weighted by Crippen LogP contribution is -2.46. The average Bonchev–Trinajstić information content (AvgIpc) is 2.69. The number of ether oxygens (including phenoxy) is 2. The maximum absolute atomic E-state index is 12.2. The Bertz CT molecular complexity index is 725. The number of rotatable bonds is 7. The van der Waals surface area contributed by atoms with E-state index >= 15 is 0 Å². The minimum Gasteiger partial charge on any atom is -0.484 e. The van der Waals surface area contributed by atoms with E-state index in [0.29, 0.717) is 36.3 Å². The fourth-order valence-corrected chi connectivity index (χ4v) is 3.08. The van der Waals surface area contributed by atoms with E-state index in [-0.39, 0.29) is 25.0 Å². The van der Waals surface area contributed by atoms with Crippen LogP contribution in [0.15, 0.2) is 24.3 Å². The number of carbonyl (C=O) groups is 3. The van der Waals surface area contributed by atoms with Gasteiger partial charge in [-0.15, -0.1) is 0 Å². The second kappa shape index (κ2) is 11.1. The summed E-state index contributed by atoms with van der Waals surface area (Å²) in [5.74, 6) is 0.554. The molecule has 0 spiro atoms. The maximum Gasteiger partial charge on any atom is 0.408 e. The summed E-state index contributed by atoms with van der Waals surface area (Å²) >= 11 is 5.81. The first-order valence-electron chi connectivity index (χ1n) is 10.0. The second-order valence-electron chi connectivity index (χ2n) is 8.23. The van der Waals surface area contributed by atoms with E-state index in [2.05, 4.69) is 10.6 Å². The molecule has 166 valence electrons. The highest BCUT2D eigenvalue weighted by atomic mass is 35.5. The van der Waals surface area contributed by atoms with Crippen LogP contribution in [0.4, 0.5) is 4.79 Å². The summed E-state index contributed by atoms with van der Waals surface area (Å²) in [5, 5.41) is 5.97. The molecular weight excluding hydrogens is 410 g/mol.